The highest BCUT2D eigenvalue weighted by Crippen LogP contribution is 2.14. The van der Waals surface area contributed by atoms with Crippen LogP contribution in [0.5, 0.6) is 0 Å². The highest BCUT2D eigenvalue weighted by atomic mass is 16.3. The quantitative estimate of drug-likeness (QED) is 0.859. The number of nitrogens with one attached hydrogen (secondary N) is 1. The molecule has 1 N–H and O–H groups in total. The number of furan rings is 1. The van der Waals surface area contributed by atoms with Crippen molar-refractivity contribution in [1.82, 2.24) is 4.90 Å². The fourth-order valence-corrected chi connectivity index (χ4v) is 2.04. The molecule has 0 unspecified atom stereocenters. The van der Waals surface area contributed by atoms with Gasteiger partial charge in [-0.3, -0.25) is 0 Å². The molecule has 1 heterocycles. The van der Waals surface area contributed by atoms with Crippen LogP contribution in [0.1, 0.15) is 24.0 Å². The number of hydrogen-bond acceptors (Lipinski definition) is 3. The van der Waals surface area contributed by atoms with Crippen molar-refractivity contribution in [2.24, 2.45) is 0 Å². The van der Waals surface area contributed by atoms with E-state index in [0.29, 0.717) is 0 Å². The summed E-state index contributed by atoms with van der Waals surface area (Å²) in [6, 6.07) is 12.6. The summed E-state index contributed by atoms with van der Waals surface area (Å²) in [6.07, 6.45) is 0.943. The fourth-order valence-electron chi connectivity index (χ4n) is 2.04. The molecule has 0 spiro atoms. The van der Waals surface area contributed by atoms with Crippen molar-refractivity contribution in [3.05, 3.63) is 53.5 Å². The average Bonchev–Trinajstić information content (AvgIpc) is 2.84. The molecule has 0 aliphatic heterocycles. The summed E-state index contributed by atoms with van der Waals surface area (Å²) in [6.45, 7) is 3.78. The van der Waals surface area contributed by atoms with E-state index in [2.05, 4.69) is 55.5 Å². The first-order valence-corrected chi connectivity index (χ1v) is 6.72. The van der Waals surface area contributed by atoms with Gasteiger partial charge in [-0.15, -0.1) is 0 Å². The predicted octanol–water partition coefficient (Wildman–Crippen LogP) is 3.52. The smallest absolute Gasteiger partial charge is 0.123 e. The van der Waals surface area contributed by atoms with Crippen molar-refractivity contribution < 1.29 is 4.42 Å². The second-order valence-corrected chi connectivity index (χ2v) is 5.01. The van der Waals surface area contributed by atoms with E-state index in [9.17, 15) is 0 Å². The third kappa shape index (κ3) is 4.14. The van der Waals surface area contributed by atoms with Gasteiger partial charge in [0.15, 0.2) is 0 Å². The molecule has 2 rings (SSSR count). The molecule has 0 bridgehead atoms. The van der Waals surface area contributed by atoms with E-state index in [1.54, 1.807) is 0 Å². The van der Waals surface area contributed by atoms with E-state index < -0.39 is 0 Å². The molecule has 3 heteroatoms. The van der Waals surface area contributed by atoms with Gasteiger partial charge in [0.2, 0.25) is 0 Å². The second kappa shape index (κ2) is 6.43. The Morgan fingerprint density at radius 3 is 2.58 bits per heavy atom. The van der Waals surface area contributed by atoms with Gasteiger partial charge in [0.05, 0.1) is 6.54 Å². The number of anilines is 1. The lowest BCUT2D eigenvalue weighted by atomic mass is 10.2. The molecule has 0 radical (unpaired) electrons. The monoisotopic (exact) mass is 258 g/mol. The number of rotatable bonds is 6. The normalized spacial score (nSPS) is 10.9. The summed E-state index contributed by atoms with van der Waals surface area (Å²) in [5.41, 5.74) is 2.44. The molecule has 0 atom stereocenters. The summed E-state index contributed by atoms with van der Waals surface area (Å²) < 4.78 is 5.68. The first-order chi connectivity index (χ1) is 9.17. The van der Waals surface area contributed by atoms with Crippen molar-refractivity contribution in [1.29, 1.82) is 0 Å². The number of nitrogens with zero attached hydrogens (tertiary/aromatic N) is 1. The highest BCUT2D eigenvalue weighted by Gasteiger charge is 2.01. The maximum absolute atomic E-state index is 5.68. The van der Waals surface area contributed by atoms with E-state index >= 15 is 0 Å². The fraction of sp³-hybridized carbons (Fsp3) is 0.375. The van der Waals surface area contributed by atoms with E-state index in [-0.39, 0.29) is 0 Å². The van der Waals surface area contributed by atoms with Gasteiger partial charge in [-0.25, -0.2) is 0 Å². The lowest BCUT2D eigenvalue weighted by molar-refractivity contribution is 0.402. The van der Waals surface area contributed by atoms with Gasteiger partial charge in [0.1, 0.15) is 11.5 Å². The third-order valence-electron chi connectivity index (χ3n) is 2.96. The van der Waals surface area contributed by atoms with Crippen molar-refractivity contribution in [2.75, 3.05) is 19.4 Å². The van der Waals surface area contributed by atoms with Crippen molar-refractivity contribution in [2.45, 2.75) is 26.4 Å². The molecule has 19 heavy (non-hydrogen) atoms. The van der Waals surface area contributed by atoms with Crippen molar-refractivity contribution in [3.63, 3.8) is 0 Å². The van der Waals surface area contributed by atoms with Gasteiger partial charge in [0, 0.05) is 18.7 Å². The zero-order valence-electron chi connectivity index (χ0n) is 11.9. The standard InChI is InChI=1S/C16H22N2O/c1-4-15-8-9-16(19-15)11-17-14-7-5-6-13(10-14)12-18(2)3/h5-10,17H,4,11-12H2,1-3H3. The Labute approximate surface area is 115 Å². The van der Waals surface area contributed by atoms with Crippen LogP contribution in [0, 0.1) is 0 Å². The lowest BCUT2D eigenvalue weighted by Crippen LogP contribution is -2.10. The predicted molar refractivity (Wildman–Crippen MR) is 79.2 cm³/mol. The van der Waals surface area contributed by atoms with E-state index in [4.69, 9.17) is 4.42 Å². The summed E-state index contributed by atoms with van der Waals surface area (Å²) in [4.78, 5) is 2.17. The van der Waals surface area contributed by atoms with Crippen LogP contribution in [0.15, 0.2) is 40.8 Å². The van der Waals surface area contributed by atoms with Gasteiger partial charge in [0.25, 0.3) is 0 Å². The van der Waals surface area contributed by atoms with Crippen LogP contribution in [0.2, 0.25) is 0 Å². The van der Waals surface area contributed by atoms with E-state index in [0.717, 1.165) is 36.7 Å². The van der Waals surface area contributed by atoms with Gasteiger partial charge in [-0.2, -0.15) is 0 Å². The Bertz CT molecular complexity index is 517. The van der Waals surface area contributed by atoms with E-state index in [1.807, 2.05) is 12.1 Å². The number of benzene rings is 1. The van der Waals surface area contributed by atoms with Gasteiger partial charge < -0.3 is 14.6 Å². The first kappa shape index (κ1) is 13.7. The molecule has 3 nitrogen and oxygen atoms in total. The van der Waals surface area contributed by atoms with Crippen LogP contribution in [0.4, 0.5) is 5.69 Å². The molecular formula is C16H22N2O. The van der Waals surface area contributed by atoms with E-state index in [1.165, 1.54) is 5.56 Å². The van der Waals surface area contributed by atoms with Crippen LogP contribution in [0.25, 0.3) is 0 Å². The molecule has 2 aromatic rings. The first-order valence-electron chi connectivity index (χ1n) is 6.72. The van der Waals surface area contributed by atoms with Gasteiger partial charge >= 0.3 is 0 Å². The minimum absolute atomic E-state index is 0.728. The molecule has 1 aromatic carbocycles. The minimum Gasteiger partial charge on any atom is -0.464 e. The maximum Gasteiger partial charge on any atom is 0.123 e. The molecular weight excluding hydrogens is 236 g/mol. The molecule has 0 aliphatic carbocycles. The number of aryl methyl sites for hydroxylation is 1. The Morgan fingerprint density at radius 1 is 1.11 bits per heavy atom. The largest absolute Gasteiger partial charge is 0.464 e. The van der Waals surface area contributed by atoms with Crippen LogP contribution < -0.4 is 5.32 Å². The summed E-state index contributed by atoms with van der Waals surface area (Å²) in [5, 5.41) is 3.40. The highest BCUT2D eigenvalue weighted by molar-refractivity contribution is 5.45. The van der Waals surface area contributed by atoms with Gasteiger partial charge in [-0.1, -0.05) is 19.1 Å². The molecule has 0 saturated carbocycles. The zero-order valence-corrected chi connectivity index (χ0v) is 11.9. The van der Waals surface area contributed by atoms with Crippen molar-refractivity contribution in [3.8, 4) is 0 Å². The summed E-state index contributed by atoms with van der Waals surface area (Å²) in [7, 11) is 4.16. The third-order valence-corrected chi connectivity index (χ3v) is 2.96. The Balaban J connectivity index is 1.95. The summed E-state index contributed by atoms with van der Waals surface area (Å²) >= 11 is 0. The van der Waals surface area contributed by atoms with Crippen LogP contribution in [-0.2, 0) is 19.5 Å². The molecule has 1 aromatic heterocycles. The maximum atomic E-state index is 5.68. The zero-order chi connectivity index (χ0) is 13.7. The SMILES string of the molecule is CCc1ccc(CNc2cccc(CN(C)C)c2)o1. The molecule has 0 saturated heterocycles. The second-order valence-electron chi connectivity index (χ2n) is 5.01. The molecule has 102 valence electrons. The van der Waals surface area contributed by atoms with Crippen LogP contribution in [0.3, 0.4) is 0 Å². The Hall–Kier alpha value is -1.74. The number of hydrogen-bond donors (Lipinski definition) is 1. The van der Waals surface area contributed by atoms with Gasteiger partial charge in [-0.05, 0) is 43.9 Å². The van der Waals surface area contributed by atoms with Crippen LogP contribution >= 0.6 is 0 Å². The summed E-state index contributed by atoms with van der Waals surface area (Å²) in [5.74, 6) is 2.02. The van der Waals surface area contributed by atoms with Crippen molar-refractivity contribution >= 4 is 5.69 Å². The average molecular weight is 258 g/mol. The topological polar surface area (TPSA) is 28.4 Å². The molecule has 0 aliphatic rings. The minimum atomic E-state index is 0.728. The Morgan fingerprint density at radius 2 is 1.89 bits per heavy atom. The molecule has 0 amide bonds. The lowest BCUT2D eigenvalue weighted by Gasteiger charge is -2.11. The molecule has 0 fully saturated rings. The van der Waals surface area contributed by atoms with Crippen LogP contribution in [-0.4, -0.2) is 19.0 Å². The Kier molecular flexibility index (Phi) is 4.63.